The van der Waals surface area contributed by atoms with Crippen LogP contribution in [0.3, 0.4) is 0 Å². The van der Waals surface area contributed by atoms with E-state index in [9.17, 15) is 5.11 Å². The fraction of sp³-hybridized carbons (Fsp3) is 1.00. The Morgan fingerprint density at radius 1 is 1.07 bits per heavy atom. The highest BCUT2D eigenvalue weighted by atomic mass is 35.5. The zero-order chi connectivity index (χ0) is 9.97. The molecule has 2 nitrogen and oxygen atoms in total. The van der Waals surface area contributed by atoms with Crippen molar-refractivity contribution in [2.45, 2.75) is 43.6 Å². The molecular formula is C11H20ClNO. The number of nitrogens with one attached hydrogen (secondary N) is 1. The van der Waals surface area contributed by atoms with Crippen molar-refractivity contribution >= 4 is 11.6 Å². The van der Waals surface area contributed by atoms with E-state index in [2.05, 4.69) is 5.32 Å². The number of hydrogen-bond donors (Lipinski definition) is 2. The summed E-state index contributed by atoms with van der Waals surface area (Å²) in [5.41, 5.74) is 0. The molecule has 0 aromatic carbocycles. The van der Waals surface area contributed by atoms with Crippen LogP contribution in [0.1, 0.15) is 32.1 Å². The van der Waals surface area contributed by atoms with Gasteiger partial charge in [0.05, 0.1) is 6.10 Å². The molecule has 0 radical (unpaired) electrons. The fourth-order valence-electron chi connectivity index (χ4n) is 2.99. The molecule has 0 amide bonds. The maximum absolute atomic E-state index is 9.99. The molecule has 3 atom stereocenters. The predicted octanol–water partition coefficient (Wildman–Crippen LogP) is 1.75. The normalized spacial score (nSPS) is 41.1. The van der Waals surface area contributed by atoms with Gasteiger partial charge in [-0.05, 0) is 51.1 Å². The van der Waals surface area contributed by atoms with E-state index < -0.39 is 0 Å². The van der Waals surface area contributed by atoms with Crippen LogP contribution in [0.25, 0.3) is 0 Å². The van der Waals surface area contributed by atoms with Crippen LogP contribution in [0.15, 0.2) is 0 Å². The first kappa shape index (κ1) is 10.7. The third-order valence-corrected chi connectivity index (χ3v) is 4.28. The minimum atomic E-state index is -0.144. The van der Waals surface area contributed by atoms with E-state index >= 15 is 0 Å². The summed E-state index contributed by atoms with van der Waals surface area (Å²) in [6, 6.07) is 0. The highest BCUT2D eigenvalue weighted by molar-refractivity contribution is 6.20. The van der Waals surface area contributed by atoms with Crippen LogP contribution < -0.4 is 5.32 Å². The summed E-state index contributed by atoms with van der Waals surface area (Å²) in [4.78, 5) is 0. The first-order chi connectivity index (χ1) is 6.79. The van der Waals surface area contributed by atoms with Crippen LogP contribution in [0.5, 0.6) is 0 Å². The number of aliphatic hydroxyl groups is 1. The minimum Gasteiger partial charge on any atom is -0.393 e. The Hall–Kier alpha value is 0.210. The molecule has 82 valence electrons. The Kier molecular flexibility index (Phi) is 3.69. The molecule has 1 heterocycles. The highest BCUT2D eigenvalue weighted by Gasteiger charge is 2.36. The number of aliphatic hydroxyl groups excluding tert-OH is 1. The van der Waals surface area contributed by atoms with Gasteiger partial charge >= 0.3 is 0 Å². The molecule has 1 saturated heterocycles. The summed E-state index contributed by atoms with van der Waals surface area (Å²) in [7, 11) is 0. The van der Waals surface area contributed by atoms with Gasteiger partial charge in [-0.3, -0.25) is 0 Å². The van der Waals surface area contributed by atoms with Crippen molar-refractivity contribution in [2.75, 3.05) is 13.1 Å². The van der Waals surface area contributed by atoms with Crippen LogP contribution >= 0.6 is 11.6 Å². The molecule has 14 heavy (non-hydrogen) atoms. The van der Waals surface area contributed by atoms with Gasteiger partial charge in [0.2, 0.25) is 0 Å². The van der Waals surface area contributed by atoms with E-state index in [0.29, 0.717) is 11.8 Å². The smallest absolute Gasteiger partial charge is 0.0585 e. The standard InChI is InChI=1S/C11H20ClNO/c12-9-2-1-3-10(14)11(9)8-4-6-13-7-5-8/h8-11,13-14H,1-7H2. The van der Waals surface area contributed by atoms with Crippen molar-refractivity contribution in [3.8, 4) is 0 Å². The molecule has 1 aliphatic carbocycles. The molecule has 0 aromatic rings. The molecule has 1 aliphatic heterocycles. The Labute approximate surface area is 91.0 Å². The van der Waals surface area contributed by atoms with E-state index in [1.807, 2.05) is 0 Å². The lowest BCUT2D eigenvalue weighted by atomic mass is 9.74. The molecule has 0 spiro atoms. The molecule has 2 aliphatic rings. The molecule has 0 bridgehead atoms. The summed E-state index contributed by atoms with van der Waals surface area (Å²) in [5.74, 6) is 1.00. The second kappa shape index (κ2) is 4.82. The molecule has 1 saturated carbocycles. The van der Waals surface area contributed by atoms with Crippen molar-refractivity contribution in [1.82, 2.24) is 5.32 Å². The van der Waals surface area contributed by atoms with Gasteiger partial charge in [-0.2, -0.15) is 0 Å². The molecule has 2 fully saturated rings. The van der Waals surface area contributed by atoms with E-state index in [1.54, 1.807) is 0 Å². The van der Waals surface area contributed by atoms with Gasteiger partial charge in [0.1, 0.15) is 0 Å². The maximum Gasteiger partial charge on any atom is 0.0585 e. The lowest BCUT2D eigenvalue weighted by Crippen LogP contribution is -2.42. The average Bonchev–Trinajstić information content (AvgIpc) is 2.19. The summed E-state index contributed by atoms with van der Waals surface area (Å²) in [6.07, 6.45) is 5.37. The van der Waals surface area contributed by atoms with Gasteiger partial charge in [0, 0.05) is 11.3 Å². The van der Waals surface area contributed by atoms with E-state index in [4.69, 9.17) is 11.6 Å². The van der Waals surface area contributed by atoms with Crippen molar-refractivity contribution < 1.29 is 5.11 Å². The SMILES string of the molecule is OC1CCCC(Cl)C1C1CCNCC1. The predicted molar refractivity (Wildman–Crippen MR) is 58.6 cm³/mol. The quantitative estimate of drug-likeness (QED) is 0.656. The van der Waals surface area contributed by atoms with Crippen molar-refractivity contribution in [2.24, 2.45) is 11.8 Å². The minimum absolute atomic E-state index is 0.144. The Bertz CT molecular complexity index is 172. The van der Waals surface area contributed by atoms with Crippen LogP contribution in [0, 0.1) is 11.8 Å². The lowest BCUT2D eigenvalue weighted by molar-refractivity contribution is 0.0306. The Balaban J connectivity index is 1.97. The number of hydrogen-bond acceptors (Lipinski definition) is 2. The molecule has 2 N–H and O–H groups in total. The molecule has 0 aromatic heterocycles. The third-order valence-electron chi connectivity index (χ3n) is 3.77. The van der Waals surface area contributed by atoms with E-state index in [-0.39, 0.29) is 11.5 Å². The van der Waals surface area contributed by atoms with Gasteiger partial charge in [-0.1, -0.05) is 0 Å². The Morgan fingerprint density at radius 3 is 2.43 bits per heavy atom. The van der Waals surface area contributed by atoms with Gasteiger partial charge < -0.3 is 10.4 Å². The second-order valence-corrected chi connectivity index (χ2v) is 5.24. The first-order valence-corrected chi connectivity index (χ1v) is 6.25. The average molecular weight is 218 g/mol. The topological polar surface area (TPSA) is 32.3 Å². The molecule has 2 rings (SSSR count). The third kappa shape index (κ3) is 2.23. The summed E-state index contributed by atoms with van der Waals surface area (Å²) in [6.45, 7) is 2.19. The van der Waals surface area contributed by atoms with Crippen LogP contribution in [-0.2, 0) is 0 Å². The molecular weight excluding hydrogens is 198 g/mol. The number of piperidine rings is 1. The lowest BCUT2D eigenvalue weighted by Gasteiger charge is -2.39. The highest BCUT2D eigenvalue weighted by Crippen LogP contribution is 2.37. The van der Waals surface area contributed by atoms with Crippen LogP contribution in [0.2, 0.25) is 0 Å². The van der Waals surface area contributed by atoms with Gasteiger partial charge in [-0.25, -0.2) is 0 Å². The number of alkyl halides is 1. The van der Waals surface area contributed by atoms with Crippen molar-refractivity contribution in [3.05, 3.63) is 0 Å². The zero-order valence-electron chi connectivity index (χ0n) is 8.58. The second-order valence-electron chi connectivity index (χ2n) is 4.68. The zero-order valence-corrected chi connectivity index (χ0v) is 9.34. The number of halogens is 1. The van der Waals surface area contributed by atoms with Crippen LogP contribution in [0.4, 0.5) is 0 Å². The van der Waals surface area contributed by atoms with Gasteiger partial charge in [-0.15, -0.1) is 11.6 Å². The van der Waals surface area contributed by atoms with E-state index in [0.717, 1.165) is 32.4 Å². The largest absolute Gasteiger partial charge is 0.393 e. The summed E-state index contributed by atoms with van der Waals surface area (Å²) >= 11 is 6.33. The Morgan fingerprint density at radius 2 is 1.79 bits per heavy atom. The maximum atomic E-state index is 9.99. The monoisotopic (exact) mass is 217 g/mol. The molecule has 3 unspecified atom stereocenters. The summed E-state index contributed by atoms with van der Waals surface area (Å²) < 4.78 is 0. The first-order valence-electron chi connectivity index (χ1n) is 5.82. The fourth-order valence-corrected chi connectivity index (χ4v) is 3.51. The van der Waals surface area contributed by atoms with Gasteiger partial charge in [0.25, 0.3) is 0 Å². The van der Waals surface area contributed by atoms with Gasteiger partial charge in [0.15, 0.2) is 0 Å². The summed E-state index contributed by atoms with van der Waals surface area (Å²) in [5, 5.41) is 13.6. The number of rotatable bonds is 1. The van der Waals surface area contributed by atoms with Crippen molar-refractivity contribution in [3.63, 3.8) is 0 Å². The van der Waals surface area contributed by atoms with Crippen molar-refractivity contribution in [1.29, 1.82) is 0 Å². The molecule has 3 heteroatoms. The van der Waals surface area contributed by atoms with E-state index in [1.165, 1.54) is 12.8 Å². The van der Waals surface area contributed by atoms with Crippen LogP contribution in [-0.4, -0.2) is 29.7 Å².